The van der Waals surface area contributed by atoms with Gasteiger partial charge in [0.05, 0.1) is 24.4 Å². The van der Waals surface area contributed by atoms with E-state index in [0.29, 0.717) is 6.29 Å². The fourth-order valence-electron chi connectivity index (χ4n) is 5.03. The molecule has 0 radical (unpaired) electrons. The summed E-state index contributed by atoms with van der Waals surface area (Å²) in [7, 11) is 0. The predicted octanol–water partition coefficient (Wildman–Crippen LogP) is -0.746. The van der Waals surface area contributed by atoms with Crippen molar-refractivity contribution in [1.82, 2.24) is 0 Å². The van der Waals surface area contributed by atoms with E-state index in [0.717, 1.165) is 11.8 Å². The molecule has 1 saturated heterocycles. The number of benzene rings is 1. The van der Waals surface area contributed by atoms with E-state index in [4.69, 9.17) is 18.9 Å². The summed E-state index contributed by atoms with van der Waals surface area (Å²) >= 11 is 0. The molecule has 0 unspecified atom stereocenters. The highest BCUT2D eigenvalue weighted by molar-refractivity contribution is 5.87. The first kappa shape index (κ1) is 26.4. The lowest BCUT2D eigenvalue weighted by Crippen LogP contribution is -2.61. The summed E-state index contributed by atoms with van der Waals surface area (Å²) in [5.74, 6) is -2.13. The highest BCUT2D eigenvalue weighted by Gasteiger charge is 2.61. The molecule has 36 heavy (non-hydrogen) atoms. The van der Waals surface area contributed by atoms with Crippen LogP contribution in [0.1, 0.15) is 18.9 Å². The molecule has 0 amide bonds. The minimum absolute atomic E-state index is 0.0635. The Bertz CT molecular complexity index is 993. The lowest BCUT2D eigenvalue weighted by atomic mass is 9.79. The van der Waals surface area contributed by atoms with Gasteiger partial charge < -0.3 is 44.5 Å². The number of esters is 1. The highest BCUT2D eigenvalue weighted by Crippen LogP contribution is 2.50. The van der Waals surface area contributed by atoms with Crippen LogP contribution in [0.25, 0.3) is 6.08 Å². The van der Waals surface area contributed by atoms with Crippen LogP contribution in [0.3, 0.4) is 0 Å². The van der Waals surface area contributed by atoms with E-state index in [2.05, 4.69) is 0 Å². The predicted molar refractivity (Wildman–Crippen MR) is 121 cm³/mol. The van der Waals surface area contributed by atoms with Crippen LogP contribution < -0.4 is 0 Å². The zero-order valence-electron chi connectivity index (χ0n) is 19.5. The number of carbonyl (C=O) groups excluding carboxylic acids is 2. The standard InChI is InChI=1S/C25H30O11/c1-13-16(34-18(28)8-7-14-5-3-2-4-6-14)9-25(32)15(10-26)12-33-23(19(13)25)36-24-22(31)21(30)20(29)17(11-27)35-24/h2-8,10,12-13,16-17,19-24,27,29-32H,9,11H2,1H3/b8-7+/t13-,16-,17+,19-,20+,21-,22+,23-,24-,25-/m0/s1. The Balaban J connectivity index is 1.51. The molecule has 5 N–H and O–H groups in total. The van der Waals surface area contributed by atoms with Gasteiger partial charge in [-0.05, 0) is 11.6 Å². The van der Waals surface area contributed by atoms with Gasteiger partial charge in [-0.15, -0.1) is 0 Å². The molecule has 0 spiro atoms. The van der Waals surface area contributed by atoms with Gasteiger partial charge >= 0.3 is 5.97 Å². The molecule has 1 aromatic carbocycles. The van der Waals surface area contributed by atoms with Gasteiger partial charge in [0.15, 0.2) is 12.6 Å². The molecule has 0 bridgehead atoms. The fraction of sp³-hybridized carbons (Fsp3) is 0.520. The fourth-order valence-corrected chi connectivity index (χ4v) is 5.03. The molecular weight excluding hydrogens is 476 g/mol. The van der Waals surface area contributed by atoms with Gasteiger partial charge in [-0.3, -0.25) is 4.79 Å². The molecule has 3 aliphatic rings. The summed E-state index contributed by atoms with van der Waals surface area (Å²) in [5, 5.41) is 51.3. The Labute approximate surface area is 207 Å². The van der Waals surface area contributed by atoms with Crippen molar-refractivity contribution in [3.05, 3.63) is 53.8 Å². The smallest absolute Gasteiger partial charge is 0.331 e. The first-order chi connectivity index (χ1) is 17.2. The first-order valence-electron chi connectivity index (χ1n) is 11.6. The summed E-state index contributed by atoms with van der Waals surface area (Å²) < 4.78 is 22.3. The van der Waals surface area contributed by atoms with Crippen molar-refractivity contribution >= 4 is 18.3 Å². The maximum absolute atomic E-state index is 12.5. The van der Waals surface area contributed by atoms with Crippen molar-refractivity contribution in [3.63, 3.8) is 0 Å². The largest absolute Gasteiger partial charge is 0.471 e. The van der Waals surface area contributed by atoms with Crippen LogP contribution in [-0.4, -0.2) is 93.1 Å². The highest BCUT2D eigenvalue weighted by atomic mass is 16.8. The van der Waals surface area contributed by atoms with Crippen LogP contribution in [0.2, 0.25) is 0 Å². The molecule has 196 valence electrons. The van der Waals surface area contributed by atoms with E-state index in [1.54, 1.807) is 13.0 Å². The van der Waals surface area contributed by atoms with E-state index < -0.39 is 73.1 Å². The number of hydrogen-bond acceptors (Lipinski definition) is 11. The molecule has 2 aliphatic heterocycles. The van der Waals surface area contributed by atoms with E-state index >= 15 is 0 Å². The third kappa shape index (κ3) is 4.96. The van der Waals surface area contributed by atoms with Gasteiger partial charge in [0.1, 0.15) is 36.1 Å². The topological polar surface area (TPSA) is 172 Å². The molecule has 0 aromatic heterocycles. The van der Waals surface area contributed by atoms with E-state index in [1.807, 2.05) is 30.3 Å². The Morgan fingerprint density at radius 1 is 1.14 bits per heavy atom. The molecule has 2 heterocycles. The third-order valence-corrected chi connectivity index (χ3v) is 7.06. The van der Waals surface area contributed by atoms with Crippen LogP contribution in [0, 0.1) is 11.8 Å². The Kier molecular flexibility index (Phi) is 7.90. The van der Waals surface area contributed by atoms with E-state index in [9.17, 15) is 35.1 Å². The molecule has 2 fully saturated rings. The van der Waals surface area contributed by atoms with Gasteiger partial charge in [0.25, 0.3) is 0 Å². The molecule has 1 saturated carbocycles. The number of rotatable bonds is 7. The van der Waals surface area contributed by atoms with E-state index in [1.165, 1.54) is 6.08 Å². The molecular formula is C25H30O11. The number of ether oxygens (including phenoxy) is 4. The quantitative estimate of drug-likeness (QED) is 0.179. The lowest BCUT2D eigenvalue weighted by Gasteiger charge is -2.44. The first-order valence-corrected chi connectivity index (χ1v) is 11.6. The number of fused-ring (bicyclic) bond motifs is 1. The number of carbonyl (C=O) groups is 2. The van der Waals surface area contributed by atoms with Gasteiger partial charge in [0.2, 0.25) is 6.29 Å². The average Bonchev–Trinajstić information content (AvgIpc) is 3.13. The minimum atomic E-state index is -1.77. The molecule has 11 heteroatoms. The maximum Gasteiger partial charge on any atom is 0.331 e. The van der Waals surface area contributed by atoms with Gasteiger partial charge in [-0.2, -0.15) is 0 Å². The summed E-state index contributed by atoms with van der Waals surface area (Å²) in [6.45, 7) is 1.05. The van der Waals surface area contributed by atoms with Crippen LogP contribution in [-0.2, 0) is 28.5 Å². The lowest BCUT2D eigenvalue weighted by molar-refractivity contribution is -0.346. The van der Waals surface area contributed by atoms with Crippen LogP contribution in [0.4, 0.5) is 0 Å². The maximum atomic E-state index is 12.5. The molecule has 4 rings (SSSR count). The second-order valence-corrected chi connectivity index (χ2v) is 9.26. The average molecular weight is 507 g/mol. The summed E-state index contributed by atoms with van der Waals surface area (Å²) in [4.78, 5) is 24.2. The summed E-state index contributed by atoms with van der Waals surface area (Å²) in [5.41, 5.74) is -1.04. The van der Waals surface area contributed by atoms with Crippen molar-refractivity contribution in [3.8, 4) is 0 Å². The van der Waals surface area contributed by atoms with Crippen LogP contribution in [0.5, 0.6) is 0 Å². The van der Waals surface area contributed by atoms with Crippen molar-refractivity contribution in [2.45, 2.75) is 62.0 Å². The monoisotopic (exact) mass is 506 g/mol. The van der Waals surface area contributed by atoms with Gasteiger partial charge in [0, 0.05) is 18.4 Å². The van der Waals surface area contributed by atoms with Gasteiger partial charge in [-0.1, -0.05) is 37.3 Å². The van der Waals surface area contributed by atoms with Crippen molar-refractivity contribution < 1.29 is 54.1 Å². The van der Waals surface area contributed by atoms with E-state index in [-0.39, 0.29) is 12.0 Å². The van der Waals surface area contributed by atoms with Crippen molar-refractivity contribution in [2.75, 3.05) is 6.61 Å². The Hall–Kier alpha value is -2.64. The normalized spacial score (nSPS) is 40.3. The number of aliphatic hydroxyl groups excluding tert-OH is 4. The van der Waals surface area contributed by atoms with Gasteiger partial charge in [-0.25, -0.2) is 4.79 Å². The Morgan fingerprint density at radius 3 is 2.53 bits per heavy atom. The summed E-state index contributed by atoms with van der Waals surface area (Å²) in [6.07, 6.45) is -5.52. The van der Waals surface area contributed by atoms with Crippen LogP contribution in [0.15, 0.2) is 48.2 Å². The zero-order valence-corrected chi connectivity index (χ0v) is 19.5. The second-order valence-electron chi connectivity index (χ2n) is 9.26. The van der Waals surface area contributed by atoms with Crippen molar-refractivity contribution in [1.29, 1.82) is 0 Å². The molecule has 1 aromatic rings. The SMILES string of the molecule is C[C@@H]1[C@H]2[C@H](O[C@@H]3O[C@H](CO)[C@@H](O)[C@H](O)[C@H]3O)OC=C(C=O)[C@@]2(O)C[C@@H]1OC(=O)/C=C/c1ccccc1. The minimum Gasteiger partial charge on any atom is -0.471 e. The third-order valence-electron chi connectivity index (χ3n) is 7.06. The zero-order chi connectivity index (χ0) is 26.0. The number of aliphatic hydroxyl groups is 5. The molecule has 11 nitrogen and oxygen atoms in total. The Morgan fingerprint density at radius 2 is 1.86 bits per heavy atom. The van der Waals surface area contributed by atoms with Crippen LogP contribution >= 0.6 is 0 Å². The second kappa shape index (κ2) is 10.8. The summed E-state index contributed by atoms with van der Waals surface area (Å²) in [6, 6.07) is 9.14. The number of aldehydes is 1. The molecule has 10 atom stereocenters. The number of hydrogen-bond donors (Lipinski definition) is 5. The van der Waals surface area contributed by atoms with Crippen molar-refractivity contribution in [2.24, 2.45) is 11.8 Å². The molecule has 1 aliphatic carbocycles.